The van der Waals surface area contributed by atoms with E-state index in [2.05, 4.69) is 0 Å². The third-order valence-corrected chi connectivity index (χ3v) is 1.39. The van der Waals surface area contributed by atoms with Crippen molar-refractivity contribution < 1.29 is 9.90 Å². The molecule has 0 aromatic rings. The topological polar surface area (TPSA) is 115 Å². The molecule has 5 nitrogen and oxygen atoms in total. The highest BCUT2D eigenvalue weighted by atomic mass is 16.3. The maximum absolute atomic E-state index is 10.4. The van der Waals surface area contributed by atoms with Crippen LogP contribution in [-0.4, -0.2) is 29.7 Å². The van der Waals surface area contributed by atoms with Gasteiger partial charge in [-0.1, -0.05) is 0 Å². The highest BCUT2D eigenvalue weighted by molar-refractivity contribution is 5.79. The second-order valence-electron chi connectivity index (χ2n) is 2.48. The first-order chi connectivity index (χ1) is 5.07. The number of nitrogens with two attached hydrogens (primary N) is 3. The number of aliphatic hydroxyl groups is 1. The van der Waals surface area contributed by atoms with Gasteiger partial charge in [-0.3, -0.25) is 4.79 Å². The Hall–Kier alpha value is -0.650. The van der Waals surface area contributed by atoms with Crippen molar-refractivity contribution in [3.63, 3.8) is 0 Å². The largest absolute Gasteiger partial charge is 0.393 e. The van der Waals surface area contributed by atoms with Crippen LogP contribution in [0, 0.1) is 0 Å². The average molecular weight is 161 g/mol. The minimum atomic E-state index is -0.767. The molecule has 0 spiro atoms. The van der Waals surface area contributed by atoms with E-state index in [9.17, 15) is 4.79 Å². The molecule has 0 aromatic carbocycles. The molecule has 0 aromatic heterocycles. The van der Waals surface area contributed by atoms with Crippen LogP contribution in [0.3, 0.4) is 0 Å². The highest BCUT2D eigenvalue weighted by Gasteiger charge is 2.13. The molecule has 0 bridgehead atoms. The van der Waals surface area contributed by atoms with E-state index in [0.29, 0.717) is 13.0 Å². The van der Waals surface area contributed by atoms with Crippen molar-refractivity contribution in [1.29, 1.82) is 0 Å². The predicted molar refractivity (Wildman–Crippen MR) is 41.5 cm³/mol. The van der Waals surface area contributed by atoms with Crippen LogP contribution in [0.1, 0.15) is 12.8 Å². The van der Waals surface area contributed by atoms with Gasteiger partial charge in [0.1, 0.15) is 0 Å². The van der Waals surface area contributed by atoms with Crippen LogP contribution in [0.25, 0.3) is 0 Å². The maximum Gasteiger partial charge on any atom is 0.234 e. The number of carbonyl (C=O) groups excluding carboxylic acids is 1. The van der Waals surface area contributed by atoms with E-state index in [4.69, 9.17) is 22.3 Å². The summed E-state index contributed by atoms with van der Waals surface area (Å²) in [6, 6.07) is -0.767. The van der Waals surface area contributed by atoms with Crippen molar-refractivity contribution >= 4 is 5.91 Å². The van der Waals surface area contributed by atoms with Crippen molar-refractivity contribution in [3.05, 3.63) is 0 Å². The van der Waals surface area contributed by atoms with Gasteiger partial charge in [0.15, 0.2) is 0 Å². The molecule has 1 amide bonds. The van der Waals surface area contributed by atoms with Crippen molar-refractivity contribution in [3.8, 4) is 0 Å². The second kappa shape index (κ2) is 5.06. The summed E-state index contributed by atoms with van der Waals surface area (Å²) in [6.07, 6.45) is 0.00977. The molecule has 5 heteroatoms. The average Bonchev–Trinajstić information content (AvgIpc) is 1.87. The summed E-state index contributed by atoms with van der Waals surface area (Å²) in [5.74, 6) is -0.596. The van der Waals surface area contributed by atoms with E-state index in [1.165, 1.54) is 0 Å². The molecule has 0 aliphatic carbocycles. The zero-order chi connectivity index (χ0) is 8.85. The van der Waals surface area contributed by atoms with Crippen molar-refractivity contribution in [2.24, 2.45) is 17.2 Å². The minimum absolute atomic E-state index is 0.187. The fourth-order valence-corrected chi connectivity index (χ4v) is 0.720. The zero-order valence-electron chi connectivity index (χ0n) is 6.36. The van der Waals surface area contributed by atoms with Crippen LogP contribution in [0.2, 0.25) is 0 Å². The van der Waals surface area contributed by atoms with E-state index < -0.39 is 18.1 Å². The van der Waals surface area contributed by atoms with Gasteiger partial charge >= 0.3 is 0 Å². The molecule has 0 fully saturated rings. The first-order valence-corrected chi connectivity index (χ1v) is 3.51. The van der Waals surface area contributed by atoms with E-state index in [1.54, 1.807) is 0 Å². The zero-order valence-corrected chi connectivity index (χ0v) is 6.36. The summed E-state index contributed by atoms with van der Waals surface area (Å²) in [7, 11) is 0. The molecule has 0 aliphatic heterocycles. The Bertz CT molecular complexity index is 129. The van der Waals surface area contributed by atoms with Gasteiger partial charge in [-0.25, -0.2) is 0 Å². The monoisotopic (exact) mass is 161 g/mol. The predicted octanol–water partition coefficient (Wildman–Crippen LogP) is -2.10. The smallest absolute Gasteiger partial charge is 0.234 e. The quantitative estimate of drug-likeness (QED) is 0.369. The Morgan fingerprint density at radius 3 is 2.45 bits per heavy atom. The molecule has 0 saturated carbocycles. The summed E-state index contributed by atoms with van der Waals surface area (Å²) < 4.78 is 0. The van der Waals surface area contributed by atoms with Gasteiger partial charge in [0.25, 0.3) is 0 Å². The van der Waals surface area contributed by atoms with Crippen molar-refractivity contribution in [2.75, 3.05) is 6.54 Å². The van der Waals surface area contributed by atoms with Crippen LogP contribution < -0.4 is 17.2 Å². The van der Waals surface area contributed by atoms with Gasteiger partial charge in [-0.05, 0) is 19.4 Å². The van der Waals surface area contributed by atoms with Gasteiger partial charge < -0.3 is 22.3 Å². The van der Waals surface area contributed by atoms with Gasteiger partial charge in [0.05, 0.1) is 12.1 Å². The second-order valence-corrected chi connectivity index (χ2v) is 2.48. The van der Waals surface area contributed by atoms with E-state index in [0.717, 1.165) is 0 Å². The lowest BCUT2D eigenvalue weighted by atomic mass is 10.1. The fourth-order valence-electron chi connectivity index (χ4n) is 0.720. The number of amides is 1. The number of rotatable bonds is 5. The Balaban J connectivity index is 3.56. The number of hydrogen-bond acceptors (Lipinski definition) is 4. The standard InChI is InChI=1S/C6H15N3O2/c7-2-1-4(10)3-5(8)6(9)11/h4-5,10H,1-3,7-8H2,(H2,9,11). The van der Waals surface area contributed by atoms with E-state index in [-0.39, 0.29) is 6.42 Å². The van der Waals surface area contributed by atoms with Crippen molar-refractivity contribution in [1.82, 2.24) is 0 Å². The number of carbonyl (C=O) groups is 1. The molecule has 0 rings (SSSR count). The number of hydrogen-bond donors (Lipinski definition) is 4. The third kappa shape index (κ3) is 4.72. The Morgan fingerprint density at radius 1 is 1.55 bits per heavy atom. The Labute approximate surface area is 65.5 Å². The summed E-state index contributed by atoms with van der Waals surface area (Å²) in [6.45, 7) is 0.382. The molecule has 0 saturated heterocycles. The summed E-state index contributed by atoms with van der Waals surface area (Å²) in [5, 5.41) is 9.10. The van der Waals surface area contributed by atoms with Gasteiger partial charge in [-0.15, -0.1) is 0 Å². The van der Waals surface area contributed by atoms with E-state index >= 15 is 0 Å². The van der Waals surface area contributed by atoms with Crippen LogP contribution in [-0.2, 0) is 4.79 Å². The number of primary amides is 1. The molecule has 2 unspecified atom stereocenters. The van der Waals surface area contributed by atoms with Crippen LogP contribution in [0.15, 0.2) is 0 Å². The molecular weight excluding hydrogens is 146 g/mol. The van der Waals surface area contributed by atoms with E-state index in [1.807, 2.05) is 0 Å². The van der Waals surface area contributed by atoms with Crippen molar-refractivity contribution in [2.45, 2.75) is 25.0 Å². The molecule has 0 heterocycles. The Morgan fingerprint density at radius 2 is 2.09 bits per heavy atom. The molecule has 0 aliphatic rings. The van der Waals surface area contributed by atoms with Gasteiger partial charge in [0, 0.05) is 0 Å². The molecular formula is C6H15N3O2. The van der Waals surface area contributed by atoms with Crippen LogP contribution in [0.5, 0.6) is 0 Å². The maximum atomic E-state index is 10.4. The minimum Gasteiger partial charge on any atom is -0.393 e. The number of aliphatic hydroxyl groups excluding tert-OH is 1. The molecule has 7 N–H and O–H groups in total. The fraction of sp³-hybridized carbons (Fsp3) is 0.833. The van der Waals surface area contributed by atoms with Gasteiger partial charge in [-0.2, -0.15) is 0 Å². The molecule has 66 valence electrons. The summed E-state index contributed by atoms with van der Waals surface area (Å²) in [5.41, 5.74) is 15.3. The normalized spacial score (nSPS) is 15.9. The highest BCUT2D eigenvalue weighted by Crippen LogP contribution is 1.98. The third-order valence-electron chi connectivity index (χ3n) is 1.39. The molecule has 2 atom stereocenters. The lowest BCUT2D eigenvalue weighted by Crippen LogP contribution is -2.39. The first kappa shape index (κ1) is 10.3. The van der Waals surface area contributed by atoms with Gasteiger partial charge in [0.2, 0.25) is 5.91 Å². The van der Waals surface area contributed by atoms with Crippen LogP contribution in [0.4, 0.5) is 0 Å². The Kier molecular flexibility index (Phi) is 4.76. The summed E-state index contributed by atoms with van der Waals surface area (Å²) in [4.78, 5) is 10.4. The SMILES string of the molecule is NCCC(O)CC(N)C(N)=O. The molecule has 11 heavy (non-hydrogen) atoms. The molecule has 0 radical (unpaired) electrons. The first-order valence-electron chi connectivity index (χ1n) is 3.51. The summed E-state index contributed by atoms with van der Waals surface area (Å²) >= 11 is 0. The van der Waals surface area contributed by atoms with Crippen LogP contribution >= 0.6 is 0 Å². The lowest BCUT2D eigenvalue weighted by molar-refractivity contribution is -0.119. The lowest BCUT2D eigenvalue weighted by Gasteiger charge is -2.12.